The highest BCUT2D eigenvalue weighted by Gasteiger charge is 2.24. The molecule has 0 heterocycles. The van der Waals surface area contributed by atoms with E-state index >= 15 is 0 Å². The normalized spacial score (nSPS) is 11.7. The molecule has 15 heavy (non-hydrogen) atoms. The fourth-order valence-electron chi connectivity index (χ4n) is 0.939. The van der Waals surface area contributed by atoms with Crippen molar-refractivity contribution < 1.29 is 22.3 Å². The summed E-state index contributed by atoms with van der Waals surface area (Å²) in [7, 11) is -4.73. The molecule has 0 aromatic heterocycles. The largest absolute Gasteiger partial charge is 0.505 e. The number of alkyl halides is 2. The van der Waals surface area contributed by atoms with Crippen molar-refractivity contribution in [3.8, 4) is 5.75 Å². The number of hydrogen-bond acceptors (Lipinski definition) is 3. The van der Waals surface area contributed by atoms with E-state index < -0.39 is 15.8 Å². The fraction of sp³-hybridized carbons (Fsp3) is 0.250. The maximum Gasteiger partial charge on any atom is 0.355 e. The minimum atomic E-state index is -4.73. The predicted molar refractivity (Wildman–Crippen MR) is 51.4 cm³/mol. The van der Waals surface area contributed by atoms with Crippen LogP contribution in [-0.2, 0) is 10.0 Å². The Morgan fingerprint density at radius 2 is 2.00 bits per heavy atom. The number of anilines is 1. The van der Waals surface area contributed by atoms with Crippen LogP contribution in [0.1, 0.15) is 5.56 Å². The SMILES string of the molecule is Cc1cccc(NS(=O)(=O)C(F)F)c1O. The summed E-state index contributed by atoms with van der Waals surface area (Å²) in [6, 6.07) is 4.16. The van der Waals surface area contributed by atoms with E-state index in [1.165, 1.54) is 25.1 Å². The zero-order chi connectivity index (χ0) is 11.6. The molecule has 84 valence electrons. The average Bonchev–Trinajstić information content (AvgIpc) is 2.12. The topological polar surface area (TPSA) is 66.4 Å². The van der Waals surface area contributed by atoms with E-state index in [9.17, 15) is 22.3 Å². The Labute approximate surface area is 85.6 Å². The van der Waals surface area contributed by atoms with Crippen LogP contribution in [0, 0.1) is 6.92 Å². The van der Waals surface area contributed by atoms with Crippen molar-refractivity contribution in [2.45, 2.75) is 12.7 Å². The standard InChI is InChI=1S/C8H9F2NO3S/c1-5-3-2-4-6(7(5)12)11-15(13,14)8(9)10/h2-4,8,11-12H,1H3. The maximum absolute atomic E-state index is 12.0. The van der Waals surface area contributed by atoms with Gasteiger partial charge in [-0.3, -0.25) is 4.72 Å². The molecule has 0 atom stereocenters. The van der Waals surface area contributed by atoms with Crippen molar-refractivity contribution in [2.75, 3.05) is 4.72 Å². The third-order valence-electron chi connectivity index (χ3n) is 1.72. The van der Waals surface area contributed by atoms with Crippen molar-refractivity contribution in [1.29, 1.82) is 0 Å². The molecule has 0 radical (unpaired) electrons. The van der Waals surface area contributed by atoms with Crippen molar-refractivity contribution in [3.63, 3.8) is 0 Å². The van der Waals surface area contributed by atoms with Gasteiger partial charge in [0.2, 0.25) is 0 Å². The average molecular weight is 237 g/mol. The highest BCUT2D eigenvalue weighted by atomic mass is 32.2. The summed E-state index contributed by atoms with van der Waals surface area (Å²) < 4.78 is 47.2. The molecule has 0 unspecified atom stereocenters. The molecule has 1 aromatic carbocycles. The lowest BCUT2D eigenvalue weighted by atomic mass is 10.2. The van der Waals surface area contributed by atoms with E-state index in [1.807, 2.05) is 0 Å². The second kappa shape index (κ2) is 4.01. The molecule has 2 N–H and O–H groups in total. The summed E-state index contributed by atoms with van der Waals surface area (Å²) in [5, 5.41) is 9.37. The molecule has 0 aliphatic rings. The number of sulfonamides is 1. The van der Waals surface area contributed by atoms with E-state index in [4.69, 9.17) is 0 Å². The third kappa shape index (κ3) is 2.56. The Morgan fingerprint density at radius 1 is 1.40 bits per heavy atom. The number of aromatic hydroxyl groups is 1. The van der Waals surface area contributed by atoms with E-state index in [2.05, 4.69) is 0 Å². The van der Waals surface area contributed by atoms with Crippen molar-refractivity contribution in [2.24, 2.45) is 0 Å². The Bertz CT molecular complexity index is 459. The molecule has 0 bridgehead atoms. The molecule has 0 saturated heterocycles. The first-order valence-corrected chi connectivity index (χ1v) is 5.47. The molecule has 0 spiro atoms. The van der Waals surface area contributed by atoms with Crippen LogP contribution >= 0.6 is 0 Å². The van der Waals surface area contributed by atoms with Gasteiger partial charge in [0.25, 0.3) is 10.0 Å². The van der Waals surface area contributed by atoms with Gasteiger partial charge in [0, 0.05) is 0 Å². The number of phenolic OH excluding ortho intramolecular Hbond substituents is 1. The molecule has 7 heteroatoms. The summed E-state index contributed by atoms with van der Waals surface area (Å²) in [5.41, 5.74) is 0.139. The van der Waals surface area contributed by atoms with Gasteiger partial charge < -0.3 is 5.11 Å². The summed E-state index contributed by atoms with van der Waals surface area (Å²) in [4.78, 5) is 0. The number of benzene rings is 1. The van der Waals surface area contributed by atoms with Gasteiger partial charge in [-0.2, -0.15) is 8.78 Å². The van der Waals surface area contributed by atoms with Crippen molar-refractivity contribution in [1.82, 2.24) is 0 Å². The Hall–Kier alpha value is -1.37. The maximum atomic E-state index is 12.0. The molecule has 0 saturated carbocycles. The number of rotatable bonds is 3. The van der Waals surface area contributed by atoms with Crippen molar-refractivity contribution in [3.05, 3.63) is 23.8 Å². The minimum absolute atomic E-state index is 0.254. The highest BCUT2D eigenvalue weighted by Crippen LogP contribution is 2.28. The quantitative estimate of drug-likeness (QED) is 0.786. The van der Waals surface area contributed by atoms with Crippen LogP contribution in [0.3, 0.4) is 0 Å². The predicted octanol–water partition coefficient (Wildman–Crippen LogP) is 1.66. The van der Waals surface area contributed by atoms with Crippen LogP contribution < -0.4 is 4.72 Å². The number of para-hydroxylation sites is 1. The van der Waals surface area contributed by atoms with Crippen LogP contribution in [0.25, 0.3) is 0 Å². The van der Waals surface area contributed by atoms with Crippen LogP contribution in [0.2, 0.25) is 0 Å². The van der Waals surface area contributed by atoms with Crippen LogP contribution in [0.15, 0.2) is 18.2 Å². The molecule has 0 amide bonds. The fourth-order valence-corrected chi connectivity index (χ4v) is 1.50. The van der Waals surface area contributed by atoms with Crippen LogP contribution in [-0.4, -0.2) is 19.3 Å². The Balaban J connectivity index is 3.06. The lowest BCUT2D eigenvalue weighted by molar-refractivity contribution is 0.236. The van der Waals surface area contributed by atoms with Gasteiger partial charge >= 0.3 is 5.76 Å². The number of hydrogen-bond donors (Lipinski definition) is 2. The molecule has 1 rings (SSSR count). The van der Waals surface area contributed by atoms with Gasteiger partial charge in [-0.15, -0.1) is 0 Å². The van der Waals surface area contributed by atoms with Gasteiger partial charge in [0.1, 0.15) is 5.75 Å². The molecular weight excluding hydrogens is 228 g/mol. The summed E-state index contributed by atoms with van der Waals surface area (Å²) in [6.45, 7) is 1.52. The molecule has 1 aromatic rings. The van der Waals surface area contributed by atoms with Gasteiger partial charge in [-0.1, -0.05) is 12.1 Å². The van der Waals surface area contributed by atoms with Gasteiger partial charge in [-0.05, 0) is 18.6 Å². The monoisotopic (exact) mass is 237 g/mol. The third-order valence-corrected chi connectivity index (χ3v) is 2.70. The molecular formula is C8H9F2NO3S. The summed E-state index contributed by atoms with van der Waals surface area (Å²) >= 11 is 0. The second-order valence-electron chi connectivity index (χ2n) is 2.88. The second-order valence-corrected chi connectivity index (χ2v) is 4.53. The molecule has 0 aliphatic heterocycles. The first kappa shape index (κ1) is 11.7. The molecule has 4 nitrogen and oxygen atoms in total. The number of nitrogens with one attached hydrogen (secondary N) is 1. The Morgan fingerprint density at radius 3 is 2.53 bits per heavy atom. The number of aryl methyl sites for hydroxylation is 1. The lowest BCUT2D eigenvalue weighted by Gasteiger charge is -2.09. The zero-order valence-corrected chi connectivity index (χ0v) is 8.55. The van der Waals surface area contributed by atoms with Crippen molar-refractivity contribution >= 4 is 15.7 Å². The van der Waals surface area contributed by atoms with Gasteiger partial charge in [-0.25, -0.2) is 8.42 Å². The zero-order valence-electron chi connectivity index (χ0n) is 7.74. The van der Waals surface area contributed by atoms with E-state index in [0.29, 0.717) is 5.56 Å². The minimum Gasteiger partial charge on any atom is -0.505 e. The summed E-state index contributed by atoms with van der Waals surface area (Å²) in [6.07, 6.45) is 0. The Kier molecular flexibility index (Phi) is 3.13. The molecule has 0 aliphatic carbocycles. The lowest BCUT2D eigenvalue weighted by Crippen LogP contribution is -2.20. The number of halogens is 2. The summed E-state index contributed by atoms with van der Waals surface area (Å²) in [5.74, 6) is -3.89. The highest BCUT2D eigenvalue weighted by molar-refractivity contribution is 7.93. The van der Waals surface area contributed by atoms with Gasteiger partial charge in [0.05, 0.1) is 5.69 Å². The van der Waals surface area contributed by atoms with E-state index in [-0.39, 0.29) is 11.4 Å². The van der Waals surface area contributed by atoms with E-state index in [1.54, 1.807) is 4.72 Å². The van der Waals surface area contributed by atoms with Crippen LogP contribution in [0.5, 0.6) is 5.75 Å². The first-order valence-electron chi connectivity index (χ1n) is 3.93. The van der Waals surface area contributed by atoms with E-state index in [0.717, 1.165) is 0 Å². The van der Waals surface area contributed by atoms with Gasteiger partial charge in [0.15, 0.2) is 0 Å². The molecule has 0 fully saturated rings. The van der Waals surface area contributed by atoms with Crippen LogP contribution in [0.4, 0.5) is 14.5 Å². The number of phenols is 1. The smallest absolute Gasteiger partial charge is 0.355 e. The first-order chi connectivity index (χ1) is 6.84.